The standard InChI is InChI=1S/C16H20N2O2.C11H10BrNO2.C9H18N2O2/c1-17-11-14(16(19)20-2)13-7-6-12(10-15(13)17)18-8-4-3-5-9-18;1-13-6-9(11(14)15-2)8-4-3-7(12)5-10(8)13;1-9(2,3)13-8(12)11-6-4-10-5-7-11/h6-7,10-11H,3-5,8-9H2,1-2H3;3-6H,1-2H3;10H,4-7H2,1-3H3. The number of amides is 1. The van der Waals surface area contributed by atoms with E-state index in [-0.39, 0.29) is 23.6 Å². The van der Waals surface area contributed by atoms with E-state index in [9.17, 15) is 14.4 Å². The summed E-state index contributed by atoms with van der Waals surface area (Å²) in [6.45, 7) is 11.1. The lowest BCUT2D eigenvalue weighted by Gasteiger charge is -2.30. The molecule has 2 aliphatic rings. The Morgan fingerprint density at radius 3 is 1.79 bits per heavy atom. The van der Waals surface area contributed by atoms with E-state index < -0.39 is 0 Å². The van der Waals surface area contributed by atoms with Crippen LogP contribution in [0.2, 0.25) is 0 Å². The summed E-state index contributed by atoms with van der Waals surface area (Å²) in [6, 6.07) is 12.1. The highest BCUT2D eigenvalue weighted by atomic mass is 79.9. The van der Waals surface area contributed by atoms with Crippen LogP contribution in [0.25, 0.3) is 21.8 Å². The molecule has 2 aromatic heterocycles. The number of fused-ring (bicyclic) bond motifs is 2. The lowest BCUT2D eigenvalue weighted by molar-refractivity contribution is 0.0228. The SMILES string of the molecule is CC(C)(C)OC(=O)N1CCNCC1.COC(=O)c1cn(C)c2cc(Br)ccc12.COC(=O)c1cn(C)c2cc(N3CCCCC3)ccc12. The fraction of sp³-hybridized carbons (Fsp3) is 0.472. The van der Waals surface area contributed by atoms with Gasteiger partial charge in [-0.1, -0.05) is 22.0 Å². The number of carbonyl (C=O) groups is 3. The topological polar surface area (TPSA) is 107 Å². The minimum absolute atomic E-state index is 0.200. The molecule has 0 atom stereocenters. The molecule has 0 aliphatic carbocycles. The summed E-state index contributed by atoms with van der Waals surface area (Å²) in [6.07, 6.45) is 7.28. The molecule has 1 amide bonds. The normalized spacial score (nSPS) is 14.8. The molecule has 2 saturated heterocycles. The molecule has 48 heavy (non-hydrogen) atoms. The van der Waals surface area contributed by atoms with Crippen molar-refractivity contribution in [2.75, 3.05) is 58.4 Å². The molecule has 6 rings (SSSR count). The third-order valence-corrected chi connectivity index (χ3v) is 8.72. The first-order valence-electron chi connectivity index (χ1n) is 16.3. The Labute approximate surface area is 291 Å². The zero-order valence-electron chi connectivity index (χ0n) is 29.1. The van der Waals surface area contributed by atoms with E-state index >= 15 is 0 Å². The molecule has 2 aliphatic heterocycles. The molecule has 0 saturated carbocycles. The summed E-state index contributed by atoms with van der Waals surface area (Å²) in [4.78, 5) is 38.9. The fourth-order valence-corrected chi connectivity index (χ4v) is 6.15. The number of nitrogens with zero attached hydrogens (tertiary/aromatic N) is 4. The molecule has 12 heteroatoms. The van der Waals surface area contributed by atoms with Gasteiger partial charge in [0.1, 0.15) is 5.60 Å². The van der Waals surface area contributed by atoms with Gasteiger partial charge in [0.15, 0.2) is 0 Å². The first-order valence-corrected chi connectivity index (χ1v) is 17.1. The Morgan fingerprint density at radius 1 is 0.750 bits per heavy atom. The maximum Gasteiger partial charge on any atom is 0.410 e. The van der Waals surface area contributed by atoms with Crippen LogP contribution in [-0.4, -0.2) is 91.2 Å². The Bertz CT molecular complexity index is 1730. The molecular formula is C36H48BrN5O6. The van der Waals surface area contributed by atoms with Crippen LogP contribution in [0.15, 0.2) is 53.3 Å². The van der Waals surface area contributed by atoms with Crippen molar-refractivity contribution in [1.82, 2.24) is 19.4 Å². The zero-order valence-corrected chi connectivity index (χ0v) is 30.7. The summed E-state index contributed by atoms with van der Waals surface area (Å²) in [5.41, 5.74) is 4.17. The Morgan fingerprint density at radius 2 is 1.27 bits per heavy atom. The van der Waals surface area contributed by atoms with Crippen molar-refractivity contribution >= 4 is 61.5 Å². The second-order valence-electron chi connectivity index (χ2n) is 12.9. The van der Waals surface area contributed by atoms with Crippen LogP contribution in [0.5, 0.6) is 0 Å². The smallest absolute Gasteiger partial charge is 0.410 e. The number of rotatable bonds is 3. The van der Waals surface area contributed by atoms with Gasteiger partial charge in [-0.15, -0.1) is 0 Å². The van der Waals surface area contributed by atoms with Gasteiger partial charge in [0.25, 0.3) is 0 Å². The number of benzene rings is 2. The highest BCUT2D eigenvalue weighted by molar-refractivity contribution is 9.10. The lowest BCUT2D eigenvalue weighted by atomic mass is 10.1. The molecule has 2 fully saturated rings. The first-order chi connectivity index (χ1) is 22.8. The minimum atomic E-state index is -0.387. The van der Waals surface area contributed by atoms with Crippen molar-refractivity contribution in [1.29, 1.82) is 0 Å². The predicted octanol–water partition coefficient (Wildman–Crippen LogP) is 6.51. The van der Waals surface area contributed by atoms with Gasteiger partial charge in [0.2, 0.25) is 0 Å². The van der Waals surface area contributed by atoms with E-state index in [1.165, 1.54) is 39.2 Å². The van der Waals surface area contributed by atoms with Gasteiger partial charge in [-0.2, -0.15) is 0 Å². The summed E-state index contributed by atoms with van der Waals surface area (Å²) < 4.78 is 19.7. The van der Waals surface area contributed by atoms with Crippen molar-refractivity contribution in [2.45, 2.75) is 45.6 Å². The maximum atomic E-state index is 11.8. The van der Waals surface area contributed by atoms with Gasteiger partial charge in [-0.25, -0.2) is 14.4 Å². The highest BCUT2D eigenvalue weighted by Gasteiger charge is 2.23. The van der Waals surface area contributed by atoms with Crippen molar-refractivity contribution in [2.24, 2.45) is 14.1 Å². The summed E-state index contributed by atoms with van der Waals surface area (Å²) in [5, 5.41) is 5.05. The quantitative estimate of drug-likeness (QED) is 0.188. The van der Waals surface area contributed by atoms with Crippen LogP contribution < -0.4 is 10.2 Å². The number of anilines is 1. The van der Waals surface area contributed by atoms with Crippen LogP contribution >= 0.6 is 15.9 Å². The van der Waals surface area contributed by atoms with Crippen molar-refractivity contribution < 1.29 is 28.6 Å². The molecule has 0 bridgehead atoms. The van der Waals surface area contributed by atoms with Crippen LogP contribution in [0.3, 0.4) is 0 Å². The van der Waals surface area contributed by atoms with Gasteiger partial charge in [0.05, 0.1) is 30.9 Å². The number of ether oxygens (including phenoxy) is 3. The van der Waals surface area contributed by atoms with Gasteiger partial charge in [-0.3, -0.25) is 0 Å². The second kappa shape index (κ2) is 16.4. The van der Waals surface area contributed by atoms with Gasteiger partial charge in [0, 0.05) is 92.2 Å². The molecule has 4 heterocycles. The van der Waals surface area contributed by atoms with E-state index in [2.05, 4.69) is 38.3 Å². The molecule has 0 spiro atoms. The number of aromatic nitrogens is 2. The van der Waals surface area contributed by atoms with E-state index in [0.29, 0.717) is 11.1 Å². The number of hydrogen-bond donors (Lipinski definition) is 1. The van der Waals surface area contributed by atoms with Crippen LogP contribution in [0.1, 0.15) is 60.7 Å². The second-order valence-corrected chi connectivity index (χ2v) is 13.8. The van der Waals surface area contributed by atoms with Crippen molar-refractivity contribution in [3.05, 3.63) is 64.4 Å². The predicted molar refractivity (Wildman–Crippen MR) is 193 cm³/mol. The number of piperidine rings is 1. The highest BCUT2D eigenvalue weighted by Crippen LogP contribution is 2.28. The number of carbonyl (C=O) groups excluding carboxylic acids is 3. The average molecular weight is 727 g/mol. The van der Waals surface area contributed by atoms with Crippen molar-refractivity contribution in [3.8, 4) is 0 Å². The largest absolute Gasteiger partial charge is 0.465 e. The average Bonchev–Trinajstić information content (AvgIpc) is 3.60. The monoisotopic (exact) mass is 725 g/mol. The number of aryl methyl sites for hydroxylation is 2. The number of esters is 2. The molecular weight excluding hydrogens is 678 g/mol. The Balaban J connectivity index is 0.000000167. The molecule has 0 unspecified atom stereocenters. The van der Waals surface area contributed by atoms with Gasteiger partial charge < -0.3 is 38.5 Å². The summed E-state index contributed by atoms with van der Waals surface area (Å²) in [5.74, 6) is -0.579. The lowest BCUT2D eigenvalue weighted by Crippen LogP contribution is -2.48. The Kier molecular flexibility index (Phi) is 12.6. The zero-order chi connectivity index (χ0) is 35.0. The third-order valence-electron chi connectivity index (χ3n) is 8.23. The van der Waals surface area contributed by atoms with Gasteiger partial charge >= 0.3 is 18.0 Å². The molecule has 0 radical (unpaired) electrons. The van der Waals surface area contributed by atoms with Crippen LogP contribution in [0.4, 0.5) is 10.5 Å². The molecule has 260 valence electrons. The summed E-state index contributed by atoms with van der Waals surface area (Å²) >= 11 is 3.40. The van der Waals surface area contributed by atoms with E-state index in [4.69, 9.17) is 14.2 Å². The Hall–Kier alpha value is -4.03. The first kappa shape index (κ1) is 36.8. The summed E-state index contributed by atoms with van der Waals surface area (Å²) in [7, 11) is 6.68. The number of hydrogen-bond acceptors (Lipinski definition) is 8. The van der Waals surface area contributed by atoms with Gasteiger partial charge in [-0.05, 0) is 70.4 Å². The van der Waals surface area contributed by atoms with E-state index in [1.807, 2.05) is 74.5 Å². The van der Waals surface area contributed by atoms with E-state index in [0.717, 1.165) is 65.5 Å². The minimum Gasteiger partial charge on any atom is -0.465 e. The fourth-order valence-electron chi connectivity index (χ4n) is 5.80. The van der Waals surface area contributed by atoms with Crippen LogP contribution in [0, 0.1) is 0 Å². The molecule has 1 N–H and O–H groups in total. The number of methoxy groups -OCH3 is 2. The number of halogens is 1. The number of piperazine rings is 1. The maximum absolute atomic E-state index is 11.8. The van der Waals surface area contributed by atoms with E-state index in [1.54, 1.807) is 11.1 Å². The van der Waals surface area contributed by atoms with Crippen LogP contribution in [-0.2, 0) is 28.3 Å². The third kappa shape index (κ3) is 9.31. The molecule has 4 aromatic rings. The van der Waals surface area contributed by atoms with Crippen molar-refractivity contribution in [3.63, 3.8) is 0 Å². The molecule has 11 nitrogen and oxygen atoms in total. The molecule has 2 aromatic carbocycles. The number of nitrogens with one attached hydrogen (secondary N) is 1.